The molecule has 5 heteroatoms. The van der Waals surface area contributed by atoms with E-state index < -0.39 is 0 Å². The number of nitrogens with zero attached hydrogens (tertiary/aromatic N) is 1. The van der Waals surface area contributed by atoms with Gasteiger partial charge in [0.15, 0.2) is 6.61 Å². The minimum absolute atomic E-state index is 0.0378. The monoisotopic (exact) mass is 274 g/mol. The third kappa shape index (κ3) is 4.42. The summed E-state index contributed by atoms with van der Waals surface area (Å²) in [6.07, 6.45) is 7.63. The molecular weight excluding hydrogens is 256 g/mol. The molecule has 106 valence electrons. The van der Waals surface area contributed by atoms with E-state index in [0.29, 0.717) is 5.56 Å². The highest BCUT2D eigenvalue weighted by Crippen LogP contribution is 2.17. The molecule has 2 N–H and O–H groups in total. The molecule has 0 spiro atoms. The summed E-state index contributed by atoms with van der Waals surface area (Å²) in [4.78, 5) is 11.5. The fourth-order valence-corrected chi connectivity index (χ4v) is 1.90. The number of nitrogens with one attached hydrogen (secondary N) is 1. The first-order chi connectivity index (χ1) is 9.75. The molecule has 5 nitrogen and oxygen atoms in total. The first-order valence-electron chi connectivity index (χ1n) is 6.67. The normalized spacial score (nSPS) is 14.9. The summed E-state index contributed by atoms with van der Waals surface area (Å²) in [5.41, 5.74) is 2.91. The molecule has 1 aliphatic carbocycles. The van der Waals surface area contributed by atoms with E-state index in [1.165, 1.54) is 12.6 Å². The second kappa shape index (κ2) is 7.33. The summed E-state index contributed by atoms with van der Waals surface area (Å²) in [5, 5.41) is 13.3. The Labute approximate surface area is 118 Å². The van der Waals surface area contributed by atoms with E-state index in [0.717, 1.165) is 25.0 Å². The van der Waals surface area contributed by atoms with E-state index in [2.05, 4.69) is 10.5 Å². The van der Waals surface area contributed by atoms with E-state index in [4.69, 9.17) is 4.74 Å². The van der Waals surface area contributed by atoms with Gasteiger partial charge in [0.25, 0.3) is 5.91 Å². The van der Waals surface area contributed by atoms with Crippen LogP contribution in [0.1, 0.15) is 31.2 Å². The molecule has 1 aromatic rings. The highest BCUT2D eigenvalue weighted by molar-refractivity contribution is 5.85. The quantitative estimate of drug-likeness (QED) is 0.639. The van der Waals surface area contributed by atoms with Crippen LogP contribution in [-0.4, -0.2) is 23.8 Å². The van der Waals surface area contributed by atoms with Gasteiger partial charge in [-0.05, 0) is 37.5 Å². The van der Waals surface area contributed by atoms with Crippen LogP contribution in [0.5, 0.6) is 5.75 Å². The van der Waals surface area contributed by atoms with Crippen molar-refractivity contribution in [1.82, 2.24) is 5.43 Å². The molecule has 0 bridgehead atoms. The number of para-hydroxylation sites is 1. The number of carbonyl (C=O) groups excluding carboxylic acids is 1. The summed E-state index contributed by atoms with van der Waals surface area (Å²) in [6.45, 7) is -0.0378. The van der Waals surface area contributed by atoms with Crippen LogP contribution in [0, 0.1) is 0 Å². The zero-order valence-corrected chi connectivity index (χ0v) is 11.2. The number of hydrogen-bond donors (Lipinski definition) is 2. The number of phenols is 1. The number of aromatic hydroxyl groups is 1. The maximum absolute atomic E-state index is 11.5. The lowest BCUT2D eigenvalue weighted by Gasteiger charge is -2.13. The Morgan fingerprint density at radius 3 is 3.00 bits per heavy atom. The van der Waals surface area contributed by atoms with Gasteiger partial charge < -0.3 is 9.84 Å². The molecule has 2 rings (SSSR count). The molecular formula is C15H18N2O3. The first-order valence-corrected chi connectivity index (χ1v) is 6.67. The lowest BCUT2D eigenvalue weighted by molar-refractivity contribution is -0.124. The SMILES string of the molecule is O=C(COC1=CCCCC1)NN=Cc1ccccc1O. The number of amides is 1. The van der Waals surface area contributed by atoms with Crippen LogP contribution in [0.15, 0.2) is 41.2 Å². The van der Waals surface area contributed by atoms with Crippen molar-refractivity contribution in [2.45, 2.75) is 25.7 Å². The lowest BCUT2D eigenvalue weighted by atomic mass is 10.1. The minimum Gasteiger partial charge on any atom is -0.507 e. The molecule has 0 saturated heterocycles. The molecule has 1 aliphatic rings. The zero-order chi connectivity index (χ0) is 14.2. The van der Waals surface area contributed by atoms with E-state index in [1.807, 2.05) is 6.08 Å². The summed E-state index contributed by atoms with van der Waals surface area (Å²) >= 11 is 0. The van der Waals surface area contributed by atoms with Gasteiger partial charge in [0.2, 0.25) is 0 Å². The van der Waals surface area contributed by atoms with Crippen molar-refractivity contribution in [2.24, 2.45) is 5.10 Å². The van der Waals surface area contributed by atoms with Crippen molar-refractivity contribution in [3.63, 3.8) is 0 Å². The smallest absolute Gasteiger partial charge is 0.277 e. The van der Waals surface area contributed by atoms with E-state index >= 15 is 0 Å². The number of allylic oxidation sites excluding steroid dienone is 2. The van der Waals surface area contributed by atoms with Crippen LogP contribution in [-0.2, 0) is 9.53 Å². The van der Waals surface area contributed by atoms with Crippen molar-refractivity contribution in [1.29, 1.82) is 0 Å². The van der Waals surface area contributed by atoms with Crippen molar-refractivity contribution >= 4 is 12.1 Å². The van der Waals surface area contributed by atoms with Gasteiger partial charge in [-0.2, -0.15) is 5.10 Å². The standard InChI is InChI=1S/C15H18N2O3/c18-14-9-5-4-6-12(14)10-16-17-15(19)11-20-13-7-2-1-3-8-13/h4-7,9-10,18H,1-3,8,11H2,(H,17,19). The Kier molecular flexibility index (Phi) is 5.17. The van der Waals surface area contributed by atoms with Crippen molar-refractivity contribution in [3.05, 3.63) is 41.7 Å². The largest absolute Gasteiger partial charge is 0.507 e. The van der Waals surface area contributed by atoms with Crippen LogP contribution in [0.4, 0.5) is 0 Å². The van der Waals surface area contributed by atoms with Crippen LogP contribution in [0.25, 0.3) is 0 Å². The summed E-state index contributed by atoms with van der Waals surface area (Å²) < 4.78 is 5.40. The molecule has 0 aromatic heterocycles. The second-order valence-corrected chi connectivity index (χ2v) is 4.56. The number of hydrazone groups is 1. The number of hydrogen-bond acceptors (Lipinski definition) is 4. The average Bonchev–Trinajstić information content (AvgIpc) is 2.48. The average molecular weight is 274 g/mol. The van der Waals surface area contributed by atoms with Gasteiger partial charge in [-0.15, -0.1) is 0 Å². The molecule has 20 heavy (non-hydrogen) atoms. The molecule has 0 aliphatic heterocycles. The maximum atomic E-state index is 11.5. The summed E-state index contributed by atoms with van der Waals surface area (Å²) in [6, 6.07) is 6.76. The van der Waals surface area contributed by atoms with Crippen LogP contribution >= 0.6 is 0 Å². The van der Waals surface area contributed by atoms with Crippen LogP contribution in [0.2, 0.25) is 0 Å². The zero-order valence-electron chi connectivity index (χ0n) is 11.2. The van der Waals surface area contributed by atoms with Crippen molar-refractivity contribution < 1.29 is 14.6 Å². The Balaban J connectivity index is 1.75. The first kappa shape index (κ1) is 14.1. The maximum Gasteiger partial charge on any atom is 0.277 e. The molecule has 0 heterocycles. The van der Waals surface area contributed by atoms with Crippen molar-refractivity contribution in [2.75, 3.05) is 6.61 Å². The van der Waals surface area contributed by atoms with E-state index in [9.17, 15) is 9.90 Å². The molecule has 0 fully saturated rings. The Morgan fingerprint density at radius 2 is 2.25 bits per heavy atom. The Morgan fingerprint density at radius 1 is 1.40 bits per heavy atom. The third-order valence-electron chi connectivity index (χ3n) is 2.97. The van der Waals surface area contributed by atoms with Gasteiger partial charge in [0, 0.05) is 12.0 Å². The topological polar surface area (TPSA) is 70.9 Å². The minimum atomic E-state index is -0.317. The number of ether oxygens (including phenoxy) is 1. The Bertz CT molecular complexity index is 524. The number of rotatable bonds is 5. The molecule has 0 unspecified atom stereocenters. The van der Waals surface area contributed by atoms with E-state index in [1.54, 1.807) is 24.3 Å². The molecule has 0 radical (unpaired) electrons. The fourth-order valence-electron chi connectivity index (χ4n) is 1.90. The summed E-state index contributed by atoms with van der Waals surface area (Å²) in [7, 11) is 0. The van der Waals surface area contributed by atoms with Gasteiger partial charge in [-0.3, -0.25) is 4.79 Å². The molecule has 0 saturated carbocycles. The van der Waals surface area contributed by atoms with Crippen molar-refractivity contribution in [3.8, 4) is 5.75 Å². The second-order valence-electron chi connectivity index (χ2n) is 4.56. The molecule has 1 amide bonds. The predicted octanol–water partition coefficient (Wildman–Crippen LogP) is 2.32. The fraction of sp³-hybridized carbons (Fsp3) is 0.333. The predicted molar refractivity (Wildman–Crippen MR) is 76.3 cm³/mol. The van der Waals surface area contributed by atoms with Gasteiger partial charge >= 0.3 is 0 Å². The van der Waals surface area contributed by atoms with Crippen LogP contribution < -0.4 is 5.43 Å². The van der Waals surface area contributed by atoms with E-state index in [-0.39, 0.29) is 18.3 Å². The Hall–Kier alpha value is -2.30. The third-order valence-corrected chi connectivity index (χ3v) is 2.97. The number of carbonyl (C=O) groups is 1. The van der Waals surface area contributed by atoms with Gasteiger partial charge in [-0.1, -0.05) is 12.1 Å². The highest BCUT2D eigenvalue weighted by Gasteiger charge is 2.07. The molecule has 0 atom stereocenters. The lowest BCUT2D eigenvalue weighted by Crippen LogP contribution is -2.23. The highest BCUT2D eigenvalue weighted by atomic mass is 16.5. The molecule has 1 aromatic carbocycles. The van der Waals surface area contributed by atoms with Gasteiger partial charge in [-0.25, -0.2) is 5.43 Å². The number of benzene rings is 1. The van der Waals surface area contributed by atoms with Gasteiger partial charge in [0.1, 0.15) is 5.75 Å². The number of phenolic OH excluding ortho intramolecular Hbond substituents is 1. The van der Waals surface area contributed by atoms with Crippen LogP contribution in [0.3, 0.4) is 0 Å². The summed E-state index contributed by atoms with van der Waals surface area (Å²) in [5.74, 6) is 0.688. The van der Waals surface area contributed by atoms with Gasteiger partial charge in [0.05, 0.1) is 12.0 Å².